The third kappa shape index (κ3) is 2.29. The predicted octanol–water partition coefficient (Wildman–Crippen LogP) is 0.957. The number of hydrogen-bond donors (Lipinski definition) is 2. The molecule has 1 aromatic rings. The molecule has 0 saturated carbocycles. The summed E-state index contributed by atoms with van der Waals surface area (Å²) in [6, 6.07) is 2.21. The number of amidine groups is 2. The maximum atomic E-state index is 4.96. The minimum absolute atomic E-state index is 0.922. The van der Waals surface area contributed by atoms with Crippen molar-refractivity contribution in [2.24, 2.45) is 9.98 Å². The Balaban J connectivity index is 1.91. The predicted molar refractivity (Wildman–Crippen MR) is 114 cm³/mol. The van der Waals surface area contributed by atoms with Gasteiger partial charge in [0.15, 0.2) is 5.70 Å². The summed E-state index contributed by atoms with van der Waals surface area (Å²) in [5.74, 6) is 1.95. The van der Waals surface area contributed by atoms with Crippen LogP contribution in [-0.2, 0) is 0 Å². The van der Waals surface area contributed by atoms with Crippen molar-refractivity contribution in [2.75, 3.05) is 7.05 Å². The van der Waals surface area contributed by atoms with Gasteiger partial charge in [0.1, 0.15) is 0 Å². The maximum absolute atomic E-state index is 4.96. The fourth-order valence-corrected chi connectivity index (χ4v) is 4.12. The van der Waals surface area contributed by atoms with Crippen LogP contribution in [-0.4, -0.2) is 34.3 Å². The average molecular weight is 370 g/mol. The van der Waals surface area contributed by atoms with E-state index in [0.29, 0.717) is 0 Å². The molecule has 140 valence electrons. The van der Waals surface area contributed by atoms with Gasteiger partial charge in [-0.1, -0.05) is 0 Å². The van der Waals surface area contributed by atoms with Crippen molar-refractivity contribution in [3.8, 4) is 0 Å². The van der Waals surface area contributed by atoms with Gasteiger partial charge in [0.25, 0.3) is 5.84 Å². The zero-order valence-corrected chi connectivity index (χ0v) is 17.2. The molecule has 1 aromatic heterocycles. The van der Waals surface area contributed by atoms with Gasteiger partial charge < -0.3 is 4.98 Å². The molecule has 0 unspecified atom stereocenters. The van der Waals surface area contributed by atoms with Gasteiger partial charge in [-0.2, -0.15) is 0 Å². The number of aromatic amines is 1. The zero-order chi connectivity index (χ0) is 19.7. The minimum Gasteiger partial charge on any atom is -0.352 e. The van der Waals surface area contributed by atoms with Gasteiger partial charge in [0.2, 0.25) is 5.84 Å². The molecule has 0 spiro atoms. The average Bonchev–Trinajstić information content (AvgIpc) is 3.39. The van der Waals surface area contributed by atoms with Crippen LogP contribution in [0.25, 0.3) is 11.3 Å². The highest BCUT2D eigenvalue weighted by atomic mass is 15.2. The second kappa shape index (κ2) is 5.64. The summed E-state index contributed by atoms with van der Waals surface area (Å²) in [6.45, 7) is 10.6. The van der Waals surface area contributed by atoms with Crippen molar-refractivity contribution < 1.29 is 4.99 Å². The summed E-state index contributed by atoms with van der Waals surface area (Å²) in [5, 5.41) is 2.23. The molecule has 0 amide bonds. The molecule has 5 heteroatoms. The van der Waals surface area contributed by atoms with E-state index in [0.717, 1.165) is 61.9 Å². The van der Waals surface area contributed by atoms with Crippen LogP contribution in [0.4, 0.5) is 0 Å². The Labute approximate surface area is 164 Å². The maximum Gasteiger partial charge on any atom is 0.281 e. The van der Waals surface area contributed by atoms with Crippen LogP contribution >= 0.6 is 0 Å². The highest BCUT2D eigenvalue weighted by molar-refractivity contribution is 6.26. The lowest BCUT2D eigenvalue weighted by molar-refractivity contribution is -0.346. The monoisotopic (exact) mass is 370 g/mol. The van der Waals surface area contributed by atoms with Crippen molar-refractivity contribution in [3.63, 3.8) is 0 Å². The summed E-state index contributed by atoms with van der Waals surface area (Å²) < 4.78 is 0. The lowest BCUT2D eigenvalue weighted by Gasteiger charge is -2.07. The first-order chi connectivity index (χ1) is 13.3. The van der Waals surface area contributed by atoms with E-state index in [4.69, 9.17) is 9.98 Å². The number of nitrogens with one attached hydrogen (secondary N) is 2. The number of fused-ring (bicyclic) bond motifs is 5. The summed E-state index contributed by atoms with van der Waals surface area (Å²) in [5.41, 5.74) is 9.91. The molecule has 4 aliphatic heterocycles. The Morgan fingerprint density at radius 3 is 2.39 bits per heavy atom. The van der Waals surface area contributed by atoms with Crippen molar-refractivity contribution in [3.05, 3.63) is 68.7 Å². The number of rotatable bonds is 0. The quantitative estimate of drug-likeness (QED) is 0.702. The Morgan fingerprint density at radius 1 is 0.893 bits per heavy atom. The summed E-state index contributed by atoms with van der Waals surface area (Å²) in [6.07, 6.45) is 6.47. The molecular formula is C23H24N5+. The van der Waals surface area contributed by atoms with E-state index in [1.165, 1.54) is 11.1 Å². The van der Waals surface area contributed by atoms with E-state index in [1.54, 1.807) is 0 Å². The highest BCUT2D eigenvalue weighted by Crippen LogP contribution is 2.32. The molecule has 8 bridgehead atoms. The number of hydrogen-bond acceptors (Lipinski definition) is 3. The Hall–Kier alpha value is -3.21. The van der Waals surface area contributed by atoms with Gasteiger partial charge in [-0.05, 0) is 69.0 Å². The molecule has 0 saturated heterocycles. The van der Waals surface area contributed by atoms with Gasteiger partial charge in [-0.3, -0.25) is 0 Å². The molecule has 0 fully saturated rings. The molecule has 2 N–H and O–H groups in total. The van der Waals surface area contributed by atoms with Gasteiger partial charge in [-0.15, -0.1) is 0 Å². The van der Waals surface area contributed by atoms with Crippen molar-refractivity contribution in [1.29, 1.82) is 0 Å². The number of aromatic nitrogens is 1. The molecular weight excluding hydrogens is 346 g/mol. The fraction of sp³-hybridized carbons (Fsp3) is 0.261. The second-order valence-electron chi connectivity index (χ2n) is 7.96. The number of aliphatic imine (C=N–C) groups is 2. The van der Waals surface area contributed by atoms with E-state index in [9.17, 15) is 0 Å². The standard InChI is InChI=1S/C23H23N5/c1-11-7-16-15(5)17-8-12(2)21(25-17)23-14(4)10-19(27-23)28(6)18-9-13(3)22(26-18)20(11)24-16/h7-10,24H,1-6H3/p+1. The van der Waals surface area contributed by atoms with Crippen LogP contribution in [0.3, 0.4) is 0 Å². The number of nitrogens with zero attached hydrogens (tertiary/aromatic N) is 3. The van der Waals surface area contributed by atoms with Crippen LogP contribution in [0.15, 0.2) is 62.4 Å². The molecule has 28 heavy (non-hydrogen) atoms. The summed E-state index contributed by atoms with van der Waals surface area (Å²) in [7, 11) is 2.05. The second-order valence-corrected chi connectivity index (χ2v) is 7.96. The Kier molecular flexibility index (Phi) is 3.41. The normalized spacial score (nSPS) is 20.7. The topological polar surface area (TPSA) is 57.7 Å². The number of likely N-dealkylation sites (N-methyl/N-ethyl adjacent to an activating group) is 1. The number of allylic oxidation sites excluding steroid dienone is 3. The van der Waals surface area contributed by atoms with Crippen LogP contribution in [0.5, 0.6) is 0 Å². The molecule has 0 atom stereocenters. The SMILES string of the molecule is CC1=CC2=NC1=C1N=C(C=C1C)N(C)C1=[NH+]C(=c3[nH]c(cc3C)=C2C)C(C)=C1. The molecule has 4 aliphatic rings. The van der Waals surface area contributed by atoms with Crippen LogP contribution in [0.1, 0.15) is 33.3 Å². The fourth-order valence-electron chi connectivity index (χ4n) is 4.12. The molecule has 0 aliphatic carbocycles. The lowest BCUT2D eigenvalue weighted by atomic mass is 10.1. The zero-order valence-electron chi connectivity index (χ0n) is 17.2. The first kappa shape index (κ1) is 16.9. The van der Waals surface area contributed by atoms with E-state index in [-0.39, 0.29) is 0 Å². The molecule has 5 rings (SSSR count). The van der Waals surface area contributed by atoms with E-state index in [1.807, 2.05) is 7.05 Å². The van der Waals surface area contributed by atoms with E-state index >= 15 is 0 Å². The van der Waals surface area contributed by atoms with E-state index in [2.05, 4.69) is 73.8 Å². The summed E-state index contributed by atoms with van der Waals surface area (Å²) in [4.78, 5) is 19.2. The van der Waals surface area contributed by atoms with Crippen LogP contribution in [0, 0.1) is 6.92 Å². The third-order valence-corrected chi connectivity index (χ3v) is 5.89. The first-order valence-electron chi connectivity index (χ1n) is 9.60. The molecule has 5 heterocycles. The smallest absolute Gasteiger partial charge is 0.281 e. The van der Waals surface area contributed by atoms with Crippen molar-refractivity contribution in [2.45, 2.75) is 34.6 Å². The van der Waals surface area contributed by atoms with Gasteiger partial charge in [0, 0.05) is 23.1 Å². The third-order valence-electron chi connectivity index (χ3n) is 5.89. The van der Waals surface area contributed by atoms with Gasteiger partial charge in [0.05, 0.1) is 29.5 Å². The Morgan fingerprint density at radius 2 is 1.61 bits per heavy atom. The van der Waals surface area contributed by atoms with Crippen LogP contribution in [0.2, 0.25) is 0 Å². The van der Waals surface area contributed by atoms with Gasteiger partial charge in [-0.25, -0.2) is 19.9 Å². The highest BCUT2D eigenvalue weighted by Gasteiger charge is 2.30. The Bertz CT molecular complexity index is 1300. The lowest BCUT2D eigenvalue weighted by Crippen LogP contribution is -2.72. The van der Waals surface area contributed by atoms with Gasteiger partial charge >= 0.3 is 0 Å². The van der Waals surface area contributed by atoms with Crippen molar-refractivity contribution in [1.82, 2.24) is 9.88 Å². The minimum atomic E-state index is 0.922. The molecule has 0 aromatic carbocycles. The first-order valence-corrected chi connectivity index (χ1v) is 9.60. The molecule has 0 radical (unpaired) electrons. The van der Waals surface area contributed by atoms with Crippen molar-refractivity contribution >= 4 is 28.7 Å². The number of H-pyrrole nitrogens is 1. The number of aryl methyl sites for hydroxylation is 1. The largest absolute Gasteiger partial charge is 0.352 e. The molecule has 5 nitrogen and oxygen atoms in total. The summed E-state index contributed by atoms with van der Waals surface area (Å²) >= 11 is 0. The van der Waals surface area contributed by atoms with Crippen LogP contribution < -0.4 is 15.7 Å². The van der Waals surface area contributed by atoms with E-state index < -0.39 is 0 Å².